The van der Waals surface area contributed by atoms with Crippen molar-refractivity contribution in [3.63, 3.8) is 0 Å². The summed E-state index contributed by atoms with van der Waals surface area (Å²) in [4.78, 5) is 46.6. The predicted molar refractivity (Wildman–Crippen MR) is 125 cm³/mol. The number of fused-ring (bicyclic) bond motifs is 1. The quantitative estimate of drug-likeness (QED) is 0.380. The lowest BCUT2D eigenvalue weighted by Crippen LogP contribution is -2.40. The molecule has 2 aromatic carbocycles. The van der Waals surface area contributed by atoms with E-state index in [9.17, 15) is 19.2 Å². The van der Waals surface area contributed by atoms with Gasteiger partial charge in [0.25, 0.3) is 5.91 Å². The van der Waals surface area contributed by atoms with Crippen molar-refractivity contribution in [2.45, 2.75) is 0 Å². The van der Waals surface area contributed by atoms with E-state index < -0.39 is 37.5 Å². The third kappa shape index (κ3) is 6.03. The molecule has 1 heterocycles. The van der Waals surface area contributed by atoms with Crippen LogP contribution in [-0.2, 0) is 14.4 Å². The molecule has 0 fully saturated rings. The zero-order valence-electron chi connectivity index (χ0n) is 19.7. The van der Waals surface area contributed by atoms with Gasteiger partial charge in [-0.3, -0.25) is 19.2 Å². The molecule has 12 nitrogen and oxygen atoms in total. The summed E-state index contributed by atoms with van der Waals surface area (Å²) in [6.07, 6.45) is 1.52. The van der Waals surface area contributed by atoms with Gasteiger partial charge in [-0.15, -0.1) is 0 Å². The number of carbonyl (C=O) groups is 4. The first-order chi connectivity index (χ1) is 17.3. The normalized spacial score (nSPS) is 12.9. The van der Waals surface area contributed by atoms with Gasteiger partial charge < -0.3 is 39.4 Å². The Labute approximate surface area is 205 Å². The number of carbonyl (C=O) groups excluding carboxylic acids is 3. The van der Waals surface area contributed by atoms with Crippen LogP contribution in [0.25, 0.3) is 6.08 Å². The van der Waals surface area contributed by atoms with Crippen molar-refractivity contribution in [3.8, 4) is 28.7 Å². The first-order valence-electron chi connectivity index (χ1n) is 10.5. The largest absolute Gasteiger partial charge is 0.493 e. The third-order valence-corrected chi connectivity index (χ3v) is 4.92. The summed E-state index contributed by atoms with van der Waals surface area (Å²) < 4.78 is 27.2. The van der Waals surface area contributed by atoms with Gasteiger partial charge in [0.2, 0.25) is 17.4 Å². The van der Waals surface area contributed by atoms with Gasteiger partial charge in [-0.05, 0) is 30.3 Å². The summed E-state index contributed by atoms with van der Waals surface area (Å²) in [6.45, 7) is -1.36. The number of amides is 2. The Morgan fingerprint density at radius 3 is 2.33 bits per heavy atom. The minimum Gasteiger partial charge on any atom is -0.493 e. The highest BCUT2D eigenvalue weighted by Crippen LogP contribution is 2.42. The molecule has 190 valence electrons. The molecule has 1 aliphatic heterocycles. The number of methoxy groups -OCH3 is 3. The first-order valence-corrected chi connectivity index (χ1v) is 10.5. The number of ketones is 1. The Morgan fingerprint density at radius 2 is 1.67 bits per heavy atom. The van der Waals surface area contributed by atoms with E-state index in [0.717, 1.165) is 0 Å². The van der Waals surface area contributed by atoms with Crippen molar-refractivity contribution in [2.75, 3.05) is 41.0 Å². The summed E-state index contributed by atoms with van der Waals surface area (Å²) in [5, 5.41) is 12.9. The van der Waals surface area contributed by atoms with E-state index in [1.165, 1.54) is 45.6 Å². The predicted octanol–water partition coefficient (Wildman–Crippen LogP) is 1.02. The lowest BCUT2D eigenvalue weighted by Gasteiger charge is -2.14. The Hall–Kier alpha value is -4.74. The van der Waals surface area contributed by atoms with E-state index in [2.05, 4.69) is 10.6 Å². The van der Waals surface area contributed by atoms with Crippen LogP contribution < -0.4 is 34.3 Å². The molecule has 0 radical (unpaired) electrons. The van der Waals surface area contributed by atoms with Crippen LogP contribution in [0.4, 0.5) is 0 Å². The van der Waals surface area contributed by atoms with Gasteiger partial charge in [0.05, 0.1) is 33.4 Å². The number of hydrogen-bond acceptors (Lipinski definition) is 9. The van der Waals surface area contributed by atoms with Gasteiger partial charge in [-0.25, -0.2) is 0 Å². The van der Waals surface area contributed by atoms with Gasteiger partial charge in [0.15, 0.2) is 23.9 Å². The molecule has 2 aromatic rings. The second-order valence-corrected chi connectivity index (χ2v) is 7.26. The SMILES string of the molecule is COc1ccc(C=C2Oc3cc(OCC(=O)NCC(=O)NCC(=O)O)ccc3C2=O)c(OC)c1OC. The highest BCUT2D eigenvalue weighted by Gasteiger charge is 2.29. The average molecular weight is 500 g/mol. The van der Waals surface area contributed by atoms with Gasteiger partial charge in [-0.2, -0.15) is 0 Å². The van der Waals surface area contributed by atoms with Crippen molar-refractivity contribution >= 4 is 29.6 Å². The van der Waals surface area contributed by atoms with Crippen LogP contribution in [0.2, 0.25) is 0 Å². The maximum absolute atomic E-state index is 12.8. The molecular formula is C24H24N2O10. The van der Waals surface area contributed by atoms with E-state index in [4.69, 9.17) is 28.8 Å². The van der Waals surface area contributed by atoms with Gasteiger partial charge in [-0.1, -0.05) is 0 Å². The van der Waals surface area contributed by atoms with Crippen LogP contribution in [0.1, 0.15) is 15.9 Å². The van der Waals surface area contributed by atoms with Crippen LogP contribution in [0.15, 0.2) is 36.1 Å². The molecule has 0 unspecified atom stereocenters. The van der Waals surface area contributed by atoms with Crippen LogP contribution in [0.3, 0.4) is 0 Å². The lowest BCUT2D eigenvalue weighted by molar-refractivity contribution is -0.137. The Balaban J connectivity index is 1.66. The fourth-order valence-electron chi connectivity index (χ4n) is 3.25. The minimum absolute atomic E-state index is 0.0535. The lowest BCUT2D eigenvalue weighted by atomic mass is 10.1. The topological polar surface area (TPSA) is 159 Å². The fraction of sp³-hybridized carbons (Fsp3) is 0.250. The summed E-state index contributed by atoms with van der Waals surface area (Å²) in [6, 6.07) is 7.85. The first kappa shape index (κ1) is 25.9. The van der Waals surface area contributed by atoms with Gasteiger partial charge in [0.1, 0.15) is 18.0 Å². The van der Waals surface area contributed by atoms with Crippen molar-refractivity contribution in [1.29, 1.82) is 0 Å². The van der Waals surface area contributed by atoms with Gasteiger partial charge >= 0.3 is 5.97 Å². The average Bonchev–Trinajstić information content (AvgIpc) is 3.18. The number of hydrogen-bond donors (Lipinski definition) is 3. The van der Waals surface area contributed by atoms with Gasteiger partial charge in [0, 0.05) is 11.6 Å². The molecule has 0 saturated carbocycles. The van der Waals surface area contributed by atoms with Crippen LogP contribution in [0.5, 0.6) is 28.7 Å². The molecule has 2 amide bonds. The molecule has 0 spiro atoms. The van der Waals surface area contributed by atoms with Crippen LogP contribution in [-0.4, -0.2) is 69.7 Å². The molecule has 3 N–H and O–H groups in total. The highest BCUT2D eigenvalue weighted by molar-refractivity contribution is 6.14. The Kier molecular flexibility index (Phi) is 8.34. The Morgan fingerprint density at radius 1 is 0.944 bits per heavy atom. The zero-order valence-corrected chi connectivity index (χ0v) is 19.7. The van der Waals surface area contributed by atoms with Crippen molar-refractivity contribution in [3.05, 3.63) is 47.2 Å². The number of allylic oxidation sites excluding steroid dienone is 1. The molecular weight excluding hydrogens is 476 g/mol. The number of carboxylic acid groups (broad SMARTS) is 1. The summed E-state index contributed by atoms with van der Waals surface area (Å²) in [5.74, 6) is -1.04. The van der Waals surface area contributed by atoms with E-state index in [1.807, 2.05) is 0 Å². The number of carboxylic acids is 1. The number of nitrogens with one attached hydrogen (secondary N) is 2. The summed E-state index contributed by atoms with van der Waals surface area (Å²) in [7, 11) is 4.44. The monoisotopic (exact) mass is 500 g/mol. The number of benzene rings is 2. The molecule has 0 aromatic heterocycles. The molecule has 0 saturated heterocycles. The van der Waals surface area contributed by atoms with Crippen LogP contribution in [0, 0.1) is 0 Å². The van der Waals surface area contributed by atoms with E-state index in [0.29, 0.717) is 28.4 Å². The standard InChI is InChI=1S/C24H24N2O10/c1-32-16-7-4-13(23(33-2)24(16)34-3)8-18-22(31)15-6-5-14(9-17(15)36-18)35-12-20(28)25-10-19(27)26-11-21(29)30/h4-9H,10-12H2,1-3H3,(H,25,28)(H,26,27)(H,29,30). The van der Waals surface area contributed by atoms with E-state index >= 15 is 0 Å². The van der Waals surface area contributed by atoms with E-state index in [-0.39, 0.29) is 23.0 Å². The smallest absolute Gasteiger partial charge is 0.322 e. The summed E-state index contributed by atoms with van der Waals surface area (Å²) >= 11 is 0. The second kappa shape index (κ2) is 11.6. The fourth-order valence-corrected chi connectivity index (χ4v) is 3.25. The van der Waals surface area contributed by atoms with Crippen molar-refractivity contribution in [2.24, 2.45) is 0 Å². The second-order valence-electron chi connectivity index (χ2n) is 7.26. The number of ether oxygens (including phenoxy) is 5. The molecule has 0 aliphatic carbocycles. The molecule has 0 atom stereocenters. The third-order valence-electron chi connectivity index (χ3n) is 4.92. The molecule has 0 bridgehead atoms. The molecule has 3 rings (SSSR count). The highest BCUT2D eigenvalue weighted by atomic mass is 16.5. The summed E-state index contributed by atoms with van der Waals surface area (Å²) in [5.41, 5.74) is 0.847. The Bertz CT molecular complexity index is 1220. The van der Waals surface area contributed by atoms with Crippen molar-refractivity contribution in [1.82, 2.24) is 10.6 Å². The number of rotatable bonds is 11. The van der Waals surface area contributed by atoms with Crippen molar-refractivity contribution < 1.29 is 48.0 Å². The molecule has 1 aliphatic rings. The number of Topliss-reactive ketones (excluding diaryl/α,β-unsaturated/α-hetero) is 1. The maximum Gasteiger partial charge on any atom is 0.322 e. The zero-order chi connectivity index (χ0) is 26.2. The number of aliphatic carboxylic acids is 1. The molecule has 12 heteroatoms. The minimum atomic E-state index is -1.20. The maximum atomic E-state index is 12.8. The van der Waals surface area contributed by atoms with E-state index in [1.54, 1.807) is 12.1 Å². The van der Waals surface area contributed by atoms with Crippen LogP contribution >= 0.6 is 0 Å². The molecule has 36 heavy (non-hydrogen) atoms.